The Hall–Kier alpha value is -0.190. The van der Waals surface area contributed by atoms with Crippen molar-refractivity contribution in [2.24, 2.45) is 11.1 Å². The van der Waals surface area contributed by atoms with Crippen molar-refractivity contribution in [3.63, 3.8) is 0 Å². The van der Waals surface area contributed by atoms with Crippen molar-refractivity contribution in [3.8, 4) is 0 Å². The molecule has 0 bridgehead atoms. The van der Waals surface area contributed by atoms with Crippen molar-refractivity contribution < 1.29 is 4.74 Å². The van der Waals surface area contributed by atoms with E-state index in [1.54, 1.807) is 0 Å². The van der Waals surface area contributed by atoms with Crippen LogP contribution in [0.4, 0.5) is 0 Å². The standard InChI is InChI=1S/C8H14N2OS/c9-7(12)8(1-2-8)3-6-4-10-5-11-6/h6,10H,1-5H2,(H2,9,12). The van der Waals surface area contributed by atoms with Crippen LogP contribution in [-0.4, -0.2) is 24.4 Å². The maximum absolute atomic E-state index is 5.67. The molecule has 4 heteroatoms. The summed E-state index contributed by atoms with van der Waals surface area (Å²) in [6.45, 7) is 1.63. The smallest absolute Gasteiger partial charge is 0.0970 e. The topological polar surface area (TPSA) is 47.3 Å². The number of hydrogen-bond donors (Lipinski definition) is 2. The molecule has 1 aliphatic heterocycles. The summed E-state index contributed by atoms with van der Waals surface area (Å²) < 4.78 is 5.45. The van der Waals surface area contributed by atoms with E-state index in [4.69, 9.17) is 22.7 Å². The van der Waals surface area contributed by atoms with Crippen LogP contribution in [0.3, 0.4) is 0 Å². The molecular formula is C8H14N2OS. The Morgan fingerprint density at radius 3 is 2.83 bits per heavy atom. The van der Waals surface area contributed by atoms with Gasteiger partial charge in [-0.1, -0.05) is 12.2 Å². The molecule has 0 aromatic carbocycles. The maximum atomic E-state index is 5.67. The van der Waals surface area contributed by atoms with E-state index < -0.39 is 0 Å². The monoisotopic (exact) mass is 186 g/mol. The quantitative estimate of drug-likeness (QED) is 0.626. The van der Waals surface area contributed by atoms with Crippen LogP contribution < -0.4 is 11.1 Å². The number of nitrogens with two attached hydrogens (primary N) is 1. The van der Waals surface area contributed by atoms with E-state index in [0.717, 1.165) is 25.8 Å². The number of ether oxygens (including phenoxy) is 1. The molecule has 3 nitrogen and oxygen atoms in total. The third-order valence-corrected chi connectivity index (χ3v) is 3.22. The highest BCUT2D eigenvalue weighted by Crippen LogP contribution is 2.50. The summed E-state index contributed by atoms with van der Waals surface area (Å²) in [5.74, 6) is 0. The second kappa shape index (κ2) is 2.94. The van der Waals surface area contributed by atoms with E-state index in [2.05, 4.69) is 5.32 Å². The van der Waals surface area contributed by atoms with Gasteiger partial charge in [-0.05, 0) is 19.3 Å². The Morgan fingerprint density at radius 2 is 2.42 bits per heavy atom. The van der Waals surface area contributed by atoms with Crippen molar-refractivity contribution in [3.05, 3.63) is 0 Å². The van der Waals surface area contributed by atoms with Gasteiger partial charge in [-0.15, -0.1) is 0 Å². The number of hydrogen-bond acceptors (Lipinski definition) is 3. The van der Waals surface area contributed by atoms with Gasteiger partial charge < -0.3 is 10.5 Å². The van der Waals surface area contributed by atoms with E-state index >= 15 is 0 Å². The number of rotatable bonds is 3. The molecule has 0 radical (unpaired) electrons. The summed E-state index contributed by atoms with van der Waals surface area (Å²) in [4.78, 5) is 0.679. The van der Waals surface area contributed by atoms with Crippen LogP contribution in [0.25, 0.3) is 0 Å². The lowest BCUT2D eigenvalue weighted by Gasteiger charge is -2.16. The lowest BCUT2D eigenvalue weighted by molar-refractivity contribution is 0.0974. The van der Waals surface area contributed by atoms with Crippen LogP contribution in [0.5, 0.6) is 0 Å². The van der Waals surface area contributed by atoms with Crippen LogP contribution in [0.1, 0.15) is 19.3 Å². The van der Waals surface area contributed by atoms with Crippen molar-refractivity contribution >= 4 is 17.2 Å². The molecule has 3 N–H and O–H groups in total. The molecule has 1 unspecified atom stereocenters. The zero-order valence-corrected chi connectivity index (χ0v) is 7.82. The van der Waals surface area contributed by atoms with Crippen LogP contribution in [-0.2, 0) is 4.74 Å². The molecular weight excluding hydrogens is 172 g/mol. The fraction of sp³-hybridized carbons (Fsp3) is 0.875. The Morgan fingerprint density at radius 1 is 1.67 bits per heavy atom. The van der Waals surface area contributed by atoms with Crippen LogP contribution in [0.15, 0.2) is 0 Å². The summed E-state index contributed by atoms with van der Waals surface area (Å²) in [7, 11) is 0. The first-order valence-corrected chi connectivity index (χ1v) is 4.76. The molecule has 1 aliphatic carbocycles. The first-order valence-electron chi connectivity index (χ1n) is 4.35. The van der Waals surface area contributed by atoms with Gasteiger partial charge in [-0.2, -0.15) is 0 Å². The third-order valence-electron chi connectivity index (χ3n) is 2.79. The minimum absolute atomic E-state index is 0.159. The molecule has 0 spiro atoms. The van der Waals surface area contributed by atoms with Gasteiger partial charge in [-0.25, -0.2) is 0 Å². The zero-order valence-electron chi connectivity index (χ0n) is 7.01. The van der Waals surface area contributed by atoms with Gasteiger partial charge in [0.2, 0.25) is 0 Å². The summed E-state index contributed by atoms with van der Waals surface area (Å²) in [6.07, 6.45) is 3.65. The van der Waals surface area contributed by atoms with Gasteiger partial charge in [0.15, 0.2) is 0 Å². The Balaban J connectivity index is 1.89. The van der Waals surface area contributed by atoms with Gasteiger partial charge in [0.05, 0.1) is 17.8 Å². The molecule has 1 saturated heterocycles. The number of nitrogens with one attached hydrogen (secondary N) is 1. The van der Waals surface area contributed by atoms with Gasteiger partial charge >= 0.3 is 0 Å². The first-order chi connectivity index (χ1) is 5.73. The molecule has 68 valence electrons. The van der Waals surface area contributed by atoms with Crippen molar-refractivity contribution in [2.75, 3.05) is 13.3 Å². The molecule has 12 heavy (non-hydrogen) atoms. The highest BCUT2D eigenvalue weighted by molar-refractivity contribution is 7.80. The first kappa shape index (κ1) is 8.41. The second-order valence-corrected chi connectivity index (χ2v) is 4.18. The zero-order chi connectivity index (χ0) is 8.60. The summed E-state index contributed by atoms with van der Waals surface area (Å²) in [6, 6.07) is 0. The fourth-order valence-electron chi connectivity index (χ4n) is 1.72. The second-order valence-electron chi connectivity index (χ2n) is 3.74. The lowest BCUT2D eigenvalue weighted by atomic mass is 9.99. The normalized spacial score (nSPS) is 31.8. The van der Waals surface area contributed by atoms with Gasteiger partial charge in [0, 0.05) is 12.0 Å². The average molecular weight is 186 g/mol. The van der Waals surface area contributed by atoms with E-state index in [1.807, 2.05) is 0 Å². The largest absolute Gasteiger partial charge is 0.393 e. The molecule has 1 saturated carbocycles. The predicted octanol–water partition coefficient (Wildman–Crippen LogP) is 0.389. The van der Waals surface area contributed by atoms with Crippen molar-refractivity contribution in [2.45, 2.75) is 25.4 Å². The van der Waals surface area contributed by atoms with Crippen LogP contribution >= 0.6 is 12.2 Å². The van der Waals surface area contributed by atoms with E-state index in [0.29, 0.717) is 17.8 Å². The lowest BCUT2D eigenvalue weighted by Crippen LogP contribution is -2.28. The SMILES string of the molecule is NC(=S)C1(CC2CNCO2)CC1. The number of thiocarbonyl (C=S) groups is 1. The Kier molecular flexibility index (Phi) is 2.06. The third kappa shape index (κ3) is 1.46. The van der Waals surface area contributed by atoms with Crippen molar-refractivity contribution in [1.29, 1.82) is 0 Å². The highest BCUT2D eigenvalue weighted by Gasteiger charge is 2.47. The molecule has 0 aromatic heterocycles. The van der Waals surface area contributed by atoms with Gasteiger partial charge in [0.25, 0.3) is 0 Å². The molecule has 2 fully saturated rings. The molecule has 0 amide bonds. The van der Waals surface area contributed by atoms with Crippen LogP contribution in [0, 0.1) is 5.41 Å². The molecule has 2 rings (SSSR count). The van der Waals surface area contributed by atoms with Crippen LogP contribution in [0.2, 0.25) is 0 Å². The van der Waals surface area contributed by atoms with E-state index in [1.165, 1.54) is 0 Å². The molecule has 1 heterocycles. The van der Waals surface area contributed by atoms with Crippen molar-refractivity contribution in [1.82, 2.24) is 5.32 Å². The van der Waals surface area contributed by atoms with E-state index in [9.17, 15) is 0 Å². The predicted molar refractivity (Wildman–Crippen MR) is 50.8 cm³/mol. The highest BCUT2D eigenvalue weighted by atomic mass is 32.1. The Labute approximate surface area is 77.6 Å². The molecule has 1 atom stereocenters. The molecule has 2 aliphatic rings. The Bertz CT molecular complexity index is 197. The minimum atomic E-state index is 0.159. The average Bonchev–Trinajstić information content (AvgIpc) is 2.60. The minimum Gasteiger partial charge on any atom is -0.393 e. The summed E-state index contributed by atoms with van der Waals surface area (Å²) in [5.41, 5.74) is 5.83. The molecule has 0 aromatic rings. The fourth-order valence-corrected chi connectivity index (χ4v) is 2.01. The van der Waals surface area contributed by atoms with Gasteiger partial charge in [0.1, 0.15) is 0 Å². The maximum Gasteiger partial charge on any atom is 0.0970 e. The van der Waals surface area contributed by atoms with Gasteiger partial charge in [-0.3, -0.25) is 5.32 Å². The summed E-state index contributed by atoms with van der Waals surface area (Å²) in [5, 5.41) is 3.16. The van der Waals surface area contributed by atoms with E-state index in [-0.39, 0.29) is 5.41 Å². The summed E-state index contributed by atoms with van der Waals surface area (Å²) >= 11 is 5.03.